The minimum atomic E-state index is -1.17. The van der Waals surface area contributed by atoms with E-state index in [9.17, 15) is 14.7 Å². The molecule has 5 nitrogen and oxygen atoms in total. The van der Waals surface area contributed by atoms with Crippen molar-refractivity contribution < 1.29 is 19.1 Å². The van der Waals surface area contributed by atoms with Gasteiger partial charge < -0.3 is 14.8 Å². The summed E-state index contributed by atoms with van der Waals surface area (Å²) in [5, 5.41) is 12.9. The number of aliphatic carboxylic acids is 1. The van der Waals surface area contributed by atoms with Crippen LogP contribution in [-0.4, -0.2) is 34.0 Å². The topological polar surface area (TPSA) is 79.5 Å². The molecule has 1 aliphatic rings. The number of carbonyl (C=O) groups is 2. The minimum Gasteiger partial charge on any atom is -0.479 e. The Kier molecular flexibility index (Phi) is 3.87. The van der Waals surface area contributed by atoms with Crippen LogP contribution in [0, 0.1) is 0 Å². The molecular formula is C16H17NO4S. The first-order valence-electron chi connectivity index (χ1n) is 7.19. The SMILES string of the molecule is CCc1ccc2occ(C(=O)NC3(C(=O)O)CCSC3)c2c1. The minimum absolute atomic E-state index is 0.392. The van der Waals surface area contributed by atoms with Crippen LogP contribution in [0.4, 0.5) is 0 Å². The van der Waals surface area contributed by atoms with E-state index in [2.05, 4.69) is 5.32 Å². The molecular weight excluding hydrogens is 302 g/mol. The molecule has 1 atom stereocenters. The van der Waals surface area contributed by atoms with Gasteiger partial charge >= 0.3 is 5.97 Å². The molecule has 0 saturated carbocycles. The Morgan fingerprint density at radius 3 is 2.91 bits per heavy atom. The van der Waals surface area contributed by atoms with Gasteiger partial charge in [-0.05, 0) is 36.3 Å². The predicted molar refractivity (Wildman–Crippen MR) is 85.4 cm³/mol. The number of amides is 1. The molecule has 1 fully saturated rings. The fourth-order valence-electron chi connectivity index (χ4n) is 2.64. The lowest BCUT2D eigenvalue weighted by atomic mass is 9.98. The van der Waals surface area contributed by atoms with E-state index in [0.717, 1.165) is 23.1 Å². The third-order valence-corrected chi connectivity index (χ3v) is 5.26. The maximum absolute atomic E-state index is 12.5. The van der Waals surface area contributed by atoms with Crippen LogP contribution in [0.15, 0.2) is 28.9 Å². The molecule has 1 saturated heterocycles. The van der Waals surface area contributed by atoms with E-state index in [4.69, 9.17) is 4.42 Å². The molecule has 6 heteroatoms. The van der Waals surface area contributed by atoms with Gasteiger partial charge in [-0.1, -0.05) is 13.0 Å². The van der Waals surface area contributed by atoms with Gasteiger partial charge in [0.15, 0.2) is 0 Å². The van der Waals surface area contributed by atoms with Crippen molar-refractivity contribution in [2.45, 2.75) is 25.3 Å². The largest absolute Gasteiger partial charge is 0.479 e. The molecule has 1 aromatic heterocycles. The lowest BCUT2D eigenvalue weighted by Crippen LogP contribution is -2.54. The summed E-state index contributed by atoms with van der Waals surface area (Å²) in [6, 6.07) is 5.72. The lowest BCUT2D eigenvalue weighted by molar-refractivity contribution is -0.143. The van der Waals surface area contributed by atoms with E-state index in [-0.39, 0.29) is 0 Å². The van der Waals surface area contributed by atoms with Crippen molar-refractivity contribution >= 4 is 34.6 Å². The predicted octanol–water partition coefficient (Wildman–Crippen LogP) is 2.69. The van der Waals surface area contributed by atoms with E-state index in [1.165, 1.54) is 18.0 Å². The van der Waals surface area contributed by atoms with Crippen LogP contribution in [0.2, 0.25) is 0 Å². The highest BCUT2D eigenvalue weighted by atomic mass is 32.2. The summed E-state index contributed by atoms with van der Waals surface area (Å²) < 4.78 is 5.41. The highest BCUT2D eigenvalue weighted by Crippen LogP contribution is 2.30. The number of carbonyl (C=O) groups excluding carboxylic acids is 1. The van der Waals surface area contributed by atoms with Gasteiger partial charge in [-0.2, -0.15) is 11.8 Å². The Hall–Kier alpha value is -1.95. The number of hydrogen-bond acceptors (Lipinski definition) is 4. The second-order valence-electron chi connectivity index (χ2n) is 5.48. The summed E-state index contributed by atoms with van der Waals surface area (Å²) in [5.74, 6) is -0.243. The van der Waals surface area contributed by atoms with Crippen LogP contribution in [0.5, 0.6) is 0 Å². The molecule has 0 aliphatic carbocycles. The van der Waals surface area contributed by atoms with Crippen LogP contribution in [0.25, 0.3) is 11.0 Å². The van der Waals surface area contributed by atoms with Crippen molar-refractivity contribution in [1.29, 1.82) is 0 Å². The van der Waals surface area contributed by atoms with Gasteiger partial charge in [-0.25, -0.2) is 4.79 Å². The quantitative estimate of drug-likeness (QED) is 0.906. The Bertz CT molecular complexity index is 731. The van der Waals surface area contributed by atoms with Crippen molar-refractivity contribution in [3.63, 3.8) is 0 Å². The summed E-state index contributed by atoms with van der Waals surface area (Å²) in [7, 11) is 0. The highest BCUT2D eigenvalue weighted by Gasteiger charge is 2.43. The van der Waals surface area contributed by atoms with E-state index in [1.54, 1.807) is 0 Å². The smallest absolute Gasteiger partial charge is 0.330 e. The first kappa shape index (κ1) is 15.0. The average Bonchev–Trinajstić information content (AvgIpc) is 3.13. The van der Waals surface area contributed by atoms with Crippen LogP contribution < -0.4 is 5.32 Å². The molecule has 3 rings (SSSR count). The molecule has 2 aromatic rings. The van der Waals surface area contributed by atoms with E-state index < -0.39 is 17.4 Å². The van der Waals surface area contributed by atoms with Gasteiger partial charge in [-0.15, -0.1) is 0 Å². The lowest BCUT2D eigenvalue weighted by Gasteiger charge is -2.24. The first-order chi connectivity index (χ1) is 10.6. The molecule has 22 heavy (non-hydrogen) atoms. The van der Waals surface area contributed by atoms with Crippen molar-refractivity contribution in [2.24, 2.45) is 0 Å². The number of aryl methyl sites for hydroxylation is 1. The maximum Gasteiger partial charge on any atom is 0.330 e. The van der Waals surface area contributed by atoms with E-state index in [0.29, 0.717) is 23.3 Å². The number of nitrogens with one attached hydrogen (secondary N) is 1. The van der Waals surface area contributed by atoms with Crippen molar-refractivity contribution in [3.8, 4) is 0 Å². The van der Waals surface area contributed by atoms with Gasteiger partial charge in [0.1, 0.15) is 17.4 Å². The van der Waals surface area contributed by atoms with Crippen LogP contribution in [-0.2, 0) is 11.2 Å². The number of thioether (sulfide) groups is 1. The Labute approximate surface area is 132 Å². The number of carboxylic acid groups (broad SMARTS) is 1. The fourth-order valence-corrected chi connectivity index (χ4v) is 3.97. The molecule has 0 spiro atoms. The molecule has 116 valence electrons. The second-order valence-corrected chi connectivity index (χ2v) is 6.58. The van der Waals surface area contributed by atoms with Gasteiger partial charge in [0, 0.05) is 11.1 Å². The van der Waals surface area contributed by atoms with Crippen molar-refractivity contribution in [2.75, 3.05) is 11.5 Å². The van der Waals surface area contributed by atoms with Crippen LogP contribution in [0.1, 0.15) is 29.3 Å². The Morgan fingerprint density at radius 2 is 2.27 bits per heavy atom. The second kappa shape index (κ2) is 5.68. The zero-order chi connectivity index (χ0) is 15.7. The van der Waals surface area contributed by atoms with Gasteiger partial charge in [-0.3, -0.25) is 4.79 Å². The van der Waals surface area contributed by atoms with Crippen LogP contribution >= 0.6 is 11.8 Å². The zero-order valence-corrected chi connectivity index (χ0v) is 13.0. The number of benzene rings is 1. The van der Waals surface area contributed by atoms with Gasteiger partial charge in [0.05, 0.1) is 5.56 Å². The van der Waals surface area contributed by atoms with Gasteiger partial charge in [0.2, 0.25) is 0 Å². The van der Waals surface area contributed by atoms with E-state index in [1.807, 2.05) is 25.1 Å². The maximum atomic E-state index is 12.5. The number of rotatable bonds is 4. The summed E-state index contributed by atoms with van der Waals surface area (Å²) >= 11 is 1.54. The summed E-state index contributed by atoms with van der Waals surface area (Å²) in [5.41, 5.74) is 0.955. The Morgan fingerprint density at radius 1 is 1.45 bits per heavy atom. The van der Waals surface area contributed by atoms with Crippen molar-refractivity contribution in [1.82, 2.24) is 5.32 Å². The molecule has 0 radical (unpaired) electrons. The third-order valence-electron chi connectivity index (χ3n) is 4.07. The molecule has 0 bridgehead atoms. The van der Waals surface area contributed by atoms with E-state index >= 15 is 0 Å². The number of fused-ring (bicyclic) bond motifs is 1. The molecule has 2 heterocycles. The molecule has 1 unspecified atom stereocenters. The van der Waals surface area contributed by atoms with Crippen molar-refractivity contribution in [3.05, 3.63) is 35.6 Å². The number of furan rings is 1. The average molecular weight is 319 g/mol. The fraction of sp³-hybridized carbons (Fsp3) is 0.375. The summed E-state index contributed by atoms with van der Waals surface area (Å²) in [6.45, 7) is 2.04. The third kappa shape index (κ3) is 2.47. The normalized spacial score (nSPS) is 21.1. The molecule has 1 aromatic carbocycles. The number of hydrogen-bond donors (Lipinski definition) is 2. The number of carboxylic acids is 1. The summed E-state index contributed by atoms with van der Waals surface area (Å²) in [6.07, 6.45) is 2.70. The standard InChI is InChI=1S/C16H17NO4S/c1-2-10-3-4-13-11(7-10)12(8-21-13)14(18)17-16(15(19)20)5-6-22-9-16/h3-4,7-8H,2,5-6,9H2,1H3,(H,17,18)(H,19,20). The monoisotopic (exact) mass is 319 g/mol. The van der Waals surface area contributed by atoms with Crippen LogP contribution in [0.3, 0.4) is 0 Å². The molecule has 1 aliphatic heterocycles. The van der Waals surface area contributed by atoms with Gasteiger partial charge in [0.25, 0.3) is 5.91 Å². The molecule has 2 N–H and O–H groups in total. The summed E-state index contributed by atoms with van der Waals surface area (Å²) in [4.78, 5) is 24.1. The zero-order valence-electron chi connectivity index (χ0n) is 12.2. The first-order valence-corrected chi connectivity index (χ1v) is 8.35. The highest BCUT2D eigenvalue weighted by molar-refractivity contribution is 7.99. The molecule has 1 amide bonds. The Balaban J connectivity index is 1.93.